The van der Waals surface area contributed by atoms with E-state index in [2.05, 4.69) is 33.6 Å². The number of hydrogen-bond acceptors (Lipinski definition) is 2. The molecule has 1 N–H and O–H groups in total. The first-order valence-corrected chi connectivity index (χ1v) is 5.32. The van der Waals surface area contributed by atoms with Crippen LogP contribution in [0.4, 0.5) is 0 Å². The quantitative estimate of drug-likeness (QED) is 0.672. The van der Waals surface area contributed by atoms with E-state index in [9.17, 15) is 0 Å². The van der Waals surface area contributed by atoms with Crippen molar-refractivity contribution in [3.8, 4) is 0 Å². The van der Waals surface area contributed by atoms with Crippen molar-refractivity contribution in [2.24, 2.45) is 5.92 Å². The van der Waals surface area contributed by atoms with Gasteiger partial charge in [0.15, 0.2) is 0 Å². The molecule has 0 aromatic carbocycles. The Morgan fingerprint density at radius 3 is 2.71 bits per heavy atom. The Bertz CT molecular complexity index is 229. The Kier molecular flexibility index (Phi) is 4.40. The maximum absolute atomic E-state index is 5.34. The van der Waals surface area contributed by atoms with Crippen LogP contribution in [0.1, 0.15) is 27.2 Å². The standard InChI is InChI=1S/C11H20BNO/c1-8(2)11(9(3)6-12)13-10-4-5-14-7-10/h6,8,10,12-13H,4-5,7H2,1-3H3. The molecule has 1 unspecified atom stereocenters. The molecule has 2 nitrogen and oxygen atoms in total. The number of rotatable bonds is 4. The van der Waals surface area contributed by atoms with Gasteiger partial charge in [-0.25, -0.2) is 0 Å². The van der Waals surface area contributed by atoms with Crippen molar-refractivity contribution >= 4 is 13.5 Å². The van der Waals surface area contributed by atoms with E-state index in [-0.39, 0.29) is 0 Å². The van der Waals surface area contributed by atoms with Gasteiger partial charge >= 0.3 is 87.1 Å². The Balaban J connectivity index is 2.64. The zero-order valence-corrected chi connectivity index (χ0v) is 9.47. The van der Waals surface area contributed by atoms with E-state index in [1.807, 2.05) is 5.97 Å². The van der Waals surface area contributed by atoms with E-state index < -0.39 is 0 Å². The van der Waals surface area contributed by atoms with Crippen LogP contribution in [0.2, 0.25) is 0 Å². The SMILES string of the molecule is B=CC(C)=C(NC1CCOC1)C(C)C. The summed E-state index contributed by atoms with van der Waals surface area (Å²) >= 11 is 0. The van der Waals surface area contributed by atoms with Crippen LogP contribution in [0.25, 0.3) is 0 Å². The predicted molar refractivity (Wildman–Crippen MR) is 63.1 cm³/mol. The van der Waals surface area contributed by atoms with Crippen molar-refractivity contribution < 1.29 is 4.74 Å². The van der Waals surface area contributed by atoms with Gasteiger partial charge in [-0.2, -0.15) is 0 Å². The third-order valence-corrected chi connectivity index (χ3v) is 2.60. The molecule has 0 spiro atoms. The van der Waals surface area contributed by atoms with Gasteiger partial charge in [0, 0.05) is 0 Å². The summed E-state index contributed by atoms with van der Waals surface area (Å²) in [5.41, 5.74) is 2.54. The third-order valence-electron chi connectivity index (χ3n) is 2.60. The monoisotopic (exact) mass is 193 g/mol. The van der Waals surface area contributed by atoms with Crippen LogP contribution in [-0.4, -0.2) is 32.7 Å². The molecular weight excluding hydrogens is 173 g/mol. The van der Waals surface area contributed by atoms with E-state index in [1.54, 1.807) is 0 Å². The van der Waals surface area contributed by atoms with Crippen LogP contribution in [0, 0.1) is 5.92 Å². The van der Waals surface area contributed by atoms with E-state index in [4.69, 9.17) is 4.74 Å². The van der Waals surface area contributed by atoms with Gasteiger partial charge in [0.05, 0.1) is 0 Å². The normalized spacial score (nSPS) is 23.5. The van der Waals surface area contributed by atoms with Gasteiger partial charge in [0.1, 0.15) is 0 Å². The van der Waals surface area contributed by atoms with Crippen LogP contribution in [0.3, 0.4) is 0 Å². The molecule has 0 aromatic rings. The van der Waals surface area contributed by atoms with Gasteiger partial charge in [-0.05, 0) is 0 Å². The second kappa shape index (κ2) is 5.35. The predicted octanol–water partition coefficient (Wildman–Crippen LogP) is 0.998. The van der Waals surface area contributed by atoms with Crippen LogP contribution in [0.15, 0.2) is 11.3 Å². The Hall–Kier alpha value is -0.565. The van der Waals surface area contributed by atoms with Crippen LogP contribution >= 0.6 is 0 Å². The summed E-state index contributed by atoms with van der Waals surface area (Å²) in [7, 11) is 3.81. The number of hydrogen-bond donors (Lipinski definition) is 1. The van der Waals surface area contributed by atoms with E-state index >= 15 is 0 Å². The van der Waals surface area contributed by atoms with E-state index in [1.165, 1.54) is 11.3 Å². The molecule has 1 fully saturated rings. The molecule has 1 atom stereocenters. The molecule has 1 saturated heterocycles. The van der Waals surface area contributed by atoms with Gasteiger partial charge < -0.3 is 0 Å². The first-order chi connectivity index (χ1) is 6.65. The van der Waals surface area contributed by atoms with E-state index in [0.29, 0.717) is 12.0 Å². The Morgan fingerprint density at radius 2 is 2.29 bits per heavy atom. The molecule has 1 aliphatic heterocycles. The maximum atomic E-state index is 5.34. The Morgan fingerprint density at radius 1 is 1.57 bits per heavy atom. The van der Waals surface area contributed by atoms with Gasteiger partial charge in [0.2, 0.25) is 0 Å². The van der Waals surface area contributed by atoms with Gasteiger partial charge in [-0.3, -0.25) is 0 Å². The molecule has 1 aliphatic rings. The zero-order chi connectivity index (χ0) is 10.6. The summed E-state index contributed by atoms with van der Waals surface area (Å²) in [6.07, 6.45) is 1.11. The fraction of sp³-hybridized carbons (Fsp3) is 0.727. The van der Waals surface area contributed by atoms with Gasteiger partial charge in [-0.1, -0.05) is 0 Å². The number of nitrogens with one attached hydrogen (secondary N) is 1. The average Bonchev–Trinajstić information content (AvgIpc) is 2.65. The van der Waals surface area contributed by atoms with Crippen molar-refractivity contribution in [2.45, 2.75) is 33.2 Å². The molecule has 0 saturated carbocycles. The molecule has 1 heterocycles. The number of allylic oxidation sites excluding steroid dienone is 2. The molecule has 1 rings (SSSR count). The van der Waals surface area contributed by atoms with Crippen LogP contribution < -0.4 is 5.32 Å². The van der Waals surface area contributed by atoms with Gasteiger partial charge in [-0.15, -0.1) is 0 Å². The molecular formula is C11H20BNO. The van der Waals surface area contributed by atoms with Crippen molar-refractivity contribution in [1.29, 1.82) is 0 Å². The molecule has 0 amide bonds. The van der Waals surface area contributed by atoms with Crippen LogP contribution in [0.5, 0.6) is 0 Å². The first kappa shape index (κ1) is 11.5. The summed E-state index contributed by atoms with van der Waals surface area (Å²) in [6.45, 7) is 8.22. The minimum atomic E-state index is 0.488. The summed E-state index contributed by atoms with van der Waals surface area (Å²) < 4.78 is 5.34. The second-order valence-corrected chi connectivity index (χ2v) is 4.16. The number of ether oxygens (including phenoxy) is 1. The van der Waals surface area contributed by atoms with Crippen molar-refractivity contribution in [3.05, 3.63) is 11.3 Å². The molecule has 0 aromatic heterocycles. The zero-order valence-electron chi connectivity index (χ0n) is 9.47. The second-order valence-electron chi connectivity index (χ2n) is 4.16. The molecule has 0 bridgehead atoms. The summed E-state index contributed by atoms with van der Waals surface area (Å²) in [5.74, 6) is 2.44. The molecule has 0 radical (unpaired) electrons. The fourth-order valence-electron chi connectivity index (χ4n) is 1.71. The fourth-order valence-corrected chi connectivity index (χ4v) is 1.71. The Labute approximate surface area is 87.8 Å². The third kappa shape index (κ3) is 2.98. The molecule has 0 aliphatic carbocycles. The van der Waals surface area contributed by atoms with Crippen molar-refractivity contribution in [2.75, 3.05) is 13.2 Å². The summed E-state index contributed by atoms with van der Waals surface area (Å²) in [4.78, 5) is 0. The molecule has 14 heavy (non-hydrogen) atoms. The molecule has 78 valence electrons. The van der Waals surface area contributed by atoms with Crippen LogP contribution in [-0.2, 0) is 4.74 Å². The molecule has 3 heteroatoms. The average molecular weight is 193 g/mol. The van der Waals surface area contributed by atoms with Gasteiger partial charge in [0.25, 0.3) is 0 Å². The topological polar surface area (TPSA) is 21.3 Å². The summed E-state index contributed by atoms with van der Waals surface area (Å²) in [6, 6.07) is 0.488. The van der Waals surface area contributed by atoms with Crippen molar-refractivity contribution in [3.63, 3.8) is 0 Å². The summed E-state index contributed by atoms with van der Waals surface area (Å²) in [5, 5.41) is 3.55. The van der Waals surface area contributed by atoms with Crippen molar-refractivity contribution in [1.82, 2.24) is 5.32 Å². The minimum absolute atomic E-state index is 0.488. The van der Waals surface area contributed by atoms with E-state index in [0.717, 1.165) is 19.6 Å². The first-order valence-electron chi connectivity index (χ1n) is 5.32.